The van der Waals surface area contributed by atoms with Gasteiger partial charge in [0.15, 0.2) is 0 Å². The molecular formula is C21H25FN2OS. The number of carbonyl (C=O) groups is 1. The quantitative estimate of drug-likeness (QED) is 0.711. The lowest BCUT2D eigenvalue weighted by Gasteiger charge is -2.22. The van der Waals surface area contributed by atoms with Crippen molar-refractivity contribution in [2.24, 2.45) is 0 Å². The molecule has 3 rings (SSSR count). The van der Waals surface area contributed by atoms with Crippen molar-refractivity contribution in [3.63, 3.8) is 0 Å². The largest absolute Gasteiger partial charge is 0.370 e. The Labute approximate surface area is 159 Å². The van der Waals surface area contributed by atoms with E-state index < -0.39 is 0 Å². The molecular weight excluding hydrogens is 347 g/mol. The molecule has 0 atom stereocenters. The minimum absolute atomic E-state index is 0.146. The smallest absolute Gasteiger partial charge is 0.225 e. The number of thioether (sulfide) groups is 1. The molecule has 0 saturated carbocycles. The van der Waals surface area contributed by atoms with Crippen LogP contribution in [0.3, 0.4) is 0 Å². The van der Waals surface area contributed by atoms with Crippen LogP contribution in [0.5, 0.6) is 0 Å². The number of nitrogens with zero attached hydrogens (tertiary/aromatic N) is 1. The number of amides is 1. The molecule has 0 unspecified atom stereocenters. The van der Waals surface area contributed by atoms with Gasteiger partial charge in [-0.25, -0.2) is 4.39 Å². The third kappa shape index (κ3) is 4.58. The Morgan fingerprint density at radius 1 is 1.15 bits per heavy atom. The summed E-state index contributed by atoms with van der Waals surface area (Å²) in [6.07, 6.45) is 2.57. The van der Waals surface area contributed by atoms with Gasteiger partial charge in [0.05, 0.1) is 5.69 Å². The maximum atomic E-state index is 14.3. The minimum Gasteiger partial charge on any atom is -0.370 e. The molecule has 0 bridgehead atoms. The minimum atomic E-state index is -0.371. The number of hydrogen-bond donors (Lipinski definition) is 1. The first kappa shape index (κ1) is 18.8. The van der Waals surface area contributed by atoms with Gasteiger partial charge >= 0.3 is 0 Å². The van der Waals surface area contributed by atoms with Crippen LogP contribution >= 0.6 is 11.8 Å². The predicted molar refractivity (Wildman–Crippen MR) is 108 cm³/mol. The number of rotatable bonds is 6. The second-order valence-corrected chi connectivity index (χ2v) is 7.89. The first-order valence-corrected chi connectivity index (χ1v) is 10.1. The van der Waals surface area contributed by atoms with Crippen LogP contribution in [0, 0.1) is 19.7 Å². The van der Waals surface area contributed by atoms with Crippen LogP contribution in [0.4, 0.5) is 15.8 Å². The van der Waals surface area contributed by atoms with E-state index in [1.165, 1.54) is 17.2 Å². The zero-order valence-electron chi connectivity index (χ0n) is 15.3. The lowest BCUT2D eigenvalue weighted by Crippen LogP contribution is -2.22. The molecule has 1 aliphatic heterocycles. The van der Waals surface area contributed by atoms with E-state index in [4.69, 9.17) is 0 Å². The fourth-order valence-corrected chi connectivity index (χ4v) is 4.07. The molecule has 26 heavy (non-hydrogen) atoms. The Morgan fingerprint density at radius 2 is 1.92 bits per heavy atom. The van der Waals surface area contributed by atoms with Gasteiger partial charge in [0.25, 0.3) is 0 Å². The number of nitrogens with one attached hydrogen (secondary N) is 1. The molecule has 0 spiro atoms. The van der Waals surface area contributed by atoms with Crippen LogP contribution < -0.4 is 10.2 Å². The molecule has 0 aromatic heterocycles. The molecule has 1 amide bonds. The maximum absolute atomic E-state index is 14.3. The second-order valence-electron chi connectivity index (χ2n) is 6.72. The normalized spacial score (nSPS) is 13.9. The van der Waals surface area contributed by atoms with Crippen molar-refractivity contribution in [1.29, 1.82) is 0 Å². The molecule has 2 aromatic rings. The highest BCUT2D eigenvalue weighted by molar-refractivity contribution is 7.99. The van der Waals surface area contributed by atoms with Crippen molar-refractivity contribution >= 4 is 29.0 Å². The summed E-state index contributed by atoms with van der Waals surface area (Å²) >= 11 is 1.65. The Bertz CT molecular complexity index is 788. The summed E-state index contributed by atoms with van der Waals surface area (Å²) in [6.45, 7) is 6.00. The third-order valence-electron chi connectivity index (χ3n) is 4.78. The number of benzene rings is 2. The van der Waals surface area contributed by atoms with E-state index in [-0.39, 0.29) is 11.7 Å². The molecule has 1 aliphatic rings. The van der Waals surface area contributed by atoms with Crippen molar-refractivity contribution < 1.29 is 9.18 Å². The molecule has 0 aliphatic carbocycles. The highest BCUT2D eigenvalue weighted by atomic mass is 32.2. The Kier molecular flexibility index (Phi) is 6.20. The van der Waals surface area contributed by atoms with Gasteiger partial charge in [-0.15, -0.1) is 11.8 Å². The van der Waals surface area contributed by atoms with E-state index in [2.05, 4.69) is 42.3 Å². The predicted octanol–water partition coefficient (Wildman–Crippen LogP) is 5.16. The SMILES string of the molecule is Cc1ccc(SCCC(=O)Nc2c(F)cccc2N2CCCC2)cc1C. The van der Waals surface area contributed by atoms with Crippen molar-refractivity contribution in [3.8, 4) is 0 Å². The first-order valence-electron chi connectivity index (χ1n) is 9.08. The van der Waals surface area contributed by atoms with E-state index in [1.54, 1.807) is 17.8 Å². The van der Waals surface area contributed by atoms with Crippen molar-refractivity contribution in [1.82, 2.24) is 0 Å². The number of anilines is 2. The monoisotopic (exact) mass is 372 g/mol. The average Bonchev–Trinajstić information content (AvgIpc) is 3.14. The third-order valence-corrected chi connectivity index (χ3v) is 5.77. The van der Waals surface area contributed by atoms with E-state index in [9.17, 15) is 9.18 Å². The highest BCUT2D eigenvalue weighted by Gasteiger charge is 2.19. The van der Waals surface area contributed by atoms with Gasteiger partial charge in [-0.1, -0.05) is 12.1 Å². The summed E-state index contributed by atoms with van der Waals surface area (Å²) in [5, 5.41) is 2.79. The summed E-state index contributed by atoms with van der Waals surface area (Å²) in [5.41, 5.74) is 3.62. The molecule has 138 valence electrons. The molecule has 1 heterocycles. The van der Waals surface area contributed by atoms with Crippen LogP contribution in [0.25, 0.3) is 0 Å². The van der Waals surface area contributed by atoms with Gasteiger partial charge in [0.2, 0.25) is 5.91 Å². The van der Waals surface area contributed by atoms with Crippen molar-refractivity contribution in [2.45, 2.75) is 38.0 Å². The summed E-state index contributed by atoms with van der Waals surface area (Å²) in [6, 6.07) is 11.3. The van der Waals surface area contributed by atoms with Gasteiger partial charge in [-0.3, -0.25) is 4.79 Å². The summed E-state index contributed by atoms with van der Waals surface area (Å²) in [4.78, 5) is 15.6. The Morgan fingerprint density at radius 3 is 2.65 bits per heavy atom. The Hall–Kier alpha value is -2.01. The van der Waals surface area contributed by atoms with E-state index in [0.29, 0.717) is 17.9 Å². The van der Waals surface area contributed by atoms with E-state index in [1.807, 2.05) is 6.07 Å². The molecule has 2 aromatic carbocycles. The number of aryl methyl sites for hydroxylation is 2. The van der Waals surface area contributed by atoms with Gasteiger partial charge in [0, 0.05) is 30.2 Å². The fourth-order valence-electron chi connectivity index (χ4n) is 3.13. The average molecular weight is 373 g/mol. The number of hydrogen-bond acceptors (Lipinski definition) is 3. The maximum Gasteiger partial charge on any atom is 0.225 e. The van der Waals surface area contributed by atoms with Crippen molar-refractivity contribution in [2.75, 3.05) is 29.1 Å². The van der Waals surface area contributed by atoms with Crippen LogP contribution in [-0.4, -0.2) is 24.7 Å². The molecule has 0 radical (unpaired) electrons. The van der Waals surface area contributed by atoms with Crippen LogP contribution in [0.1, 0.15) is 30.4 Å². The Balaban J connectivity index is 1.58. The second kappa shape index (κ2) is 8.58. The summed E-state index contributed by atoms with van der Waals surface area (Å²) in [5.74, 6) is 0.151. The number of para-hydroxylation sites is 1. The van der Waals surface area contributed by atoms with Crippen molar-refractivity contribution in [3.05, 3.63) is 53.3 Å². The lowest BCUT2D eigenvalue weighted by atomic mass is 10.1. The van der Waals surface area contributed by atoms with Crippen LogP contribution in [0.2, 0.25) is 0 Å². The van der Waals surface area contributed by atoms with Gasteiger partial charge in [-0.2, -0.15) is 0 Å². The number of carbonyl (C=O) groups excluding carboxylic acids is 1. The zero-order valence-corrected chi connectivity index (χ0v) is 16.2. The van der Waals surface area contributed by atoms with E-state index in [0.717, 1.165) is 36.5 Å². The molecule has 1 fully saturated rings. The zero-order chi connectivity index (χ0) is 18.5. The van der Waals surface area contributed by atoms with Crippen LogP contribution in [-0.2, 0) is 4.79 Å². The standard InChI is InChI=1S/C21H25FN2OS/c1-15-8-9-17(14-16(15)2)26-13-10-20(25)23-21-18(22)6-5-7-19(21)24-11-3-4-12-24/h5-9,14H,3-4,10-13H2,1-2H3,(H,23,25). The molecule has 1 saturated heterocycles. The lowest BCUT2D eigenvalue weighted by molar-refractivity contribution is -0.115. The van der Waals surface area contributed by atoms with Gasteiger partial charge < -0.3 is 10.2 Å². The fraction of sp³-hybridized carbons (Fsp3) is 0.381. The van der Waals surface area contributed by atoms with Gasteiger partial charge in [-0.05, 0) is 62.1 Å². The molecule has 3 nitrogen and oxygen atoms in total. The van der Waals surface area contributed by atoms with Crippen LogP contribution in [0.15, 0.2) is 41.3 Å². The molecule has 1 N–H and O–H groups in total. The first-order chi connectivity index (χ1) is 12.5. The number of halogens is 1. The summed E-state index contributed by atoms with van der Waals surface area (Å²) < 4.78 is 14.3. The highest BCUT2D eigenvalue weighted by Crippen LogP contribution is 2.31. The van der Waals surface area contributed by atoms with E-state index >= 15 is 0 Å². The topological polar surface area (TPSA) is 32.3 Å². The molecule has 5 heteroatoms. The van der Waals surface area contributed by atoms with Gasteiger partial charge in [0.1, 0.15) is 11.5 Å². The summed E-state index contributed by atoms with van der Waals surface area (Å²) in [7, 11) is 0.